The summed E-state index contributed by atoms with van der Waals surface area (Å²) in [5.74, 6) is 2.87. The summed E-state index contributed by atoms with van der Waals surface area (Å²) in [6.07, 6.45) is 6.75. The third-order valence-corrected chi connectivity index (χ3v) is 4.02. The van der Waals surface area contributed by atoms with Gasteiger partial charge in [-0.25, -0.2) is 9.69 Å². The maximum atomic E-state index is 12.6. The average Bonchev–Trinajstić information content (AvgIpc) is 2.94. The van der Waals surface area contributed by atoms with Crippen molar-refractivity contribution in [2.45, 2.75) is 0 Å². The van der Waals surface area contributed by atoms with Gasteiger partial charge in [-0.3, -0.25) is 4.79 Å². The molecule has 3 rings (SSSR count). The molecule has 2 aromatic carbocycles. The Kier molecular flexibility index (Phi) is 5.34. The van der Waals surface area contributed by atoms with Crippen LogP contribution < -0.4 is 19.7 Å². The van der Waals surface area contributed by atoms with Crippen molar-refractivity contribution in [1.29, 1.82) is 0 Å². The third kappa shape index (κ3) is 3.89. The van der Waals surface area contributed by atoms with E-state index in [0.717, 1.165) is 4.90 Å². The number of ether oxygens (including phenoxy) is 2. The standard InChI is InChI=1S/C20H15ClN2O4/c1-3-10-27-17-9-4-13(12-18(17)26-2)11-16-19(24)23(20(25)22-16)15-7-5-14(21)6-8-15/h1,4-9,11-12H,10H2,2H3,(H,22,25)/b16-11+. The van der Waals surface area contributed by atoms with E-state index in [2.05, 4.69) is 11.2 Å². The van der Waals surface area contributed by atoms with Crippen molar-refractivity contribution < 1.29 is 19.1 Å². The zero-order chi connectivity index (χ0) is 19.4. The van der Waals surface area contributed by atoms with E-state index >= 15 is 0 Å². The SMILES string of the molecule is C#CCOc1ccc(/C=C2/NC(=O)N(c3ccc(Cl)cc3)C2=O)cc1OC. The van der Waals surface area contributed by atoms with Crippen molar-refractivity contribution in [3.8, 4) is 23.8 Å². The molecule has 1 N–H and O–H groups in total. The van der Waals surface area contributed by atoms with Gasteiger partial charge in [-0.05, 0) is 48.0 Å². The highest BCUT2D eigenvalue weighted by atomic mass is 35.5. The number of carbonyl (C=O) groups is 2. The number of benzene rings is 2. The number of terminal acetylenes is 1. The maximum absolute atomic E-state index is 12.6. The fraction of sp³-hybridized carbons (Fsp3) is 0.100. The molecule has 1 aliphatic rings. The molecule has 0 unspecified atom stereocenters. The van der Waals surface area contributed by atoms with Gasteiger partial charge >= 0.3 is 6.03 Å². The van der Waals surface area contributed by atoms with Crippen LogP contribution in [0.1, 0.15) is 5.56 Å². The van der Waals surface area contributed by atoms with Gasteiger partial charge in [0.05, 0.1) is 12.8 Å². The summed E-state index contributed by atoms with van der Waals surface area (Å²) in [7, 11) is 1.50. The van der Waals surface area contributed by atoms with Crippen LogP contribution in [-0.2, 0) is 4.79 Å². The van der Waals surface area contributed by atoms with Gasteiger partial charge in [0.2, 0.25) is 0 Å². The Morgan fingerprint density at radius 3 is 2.59 bits per heavy atom. The summed E-state index contributed by atoms with van der Waals surface area (Å²) < 4.78 is 10.7. The minimum absolute atomic E-state index is 0.112. The molecule has 0 atom stereocenters. The average molecular weight is 383 g/mol. The lowest BCUT2D eigenvalue weighted by Crippen LogP contribution is -2.30. The molecule has 0 spiro atoms. The maximum Gasteiger partial charge on any atom is 0.333 e. The Bertz CT molecular complexity index is 961. The first-order chi connectivity index (χ1) is 13.0. The Balaban J connectivity index is 1.87. The summed E-state index contributed by atoms with van der Waals surface area (Å²) >= 11 is 5.85. The first-order valence-electron chi connectivity index (χ1n) is 7.90. The van der Waals surface area contributed by atoms with Gasteiger partial charge in [0, 0.05) is 5.02 Å². The smallest absolute Gasteiger partial charge is 0.333 e. The van der Waals surface area contributed by atoms with Gasteiger partial charge in [-0.1, -0.05) is 23.6 Å². The molecule has 0 bridgehead atoms. The van der Waals surface area contributed by atoms with Gasteiger partial charge in [-0.15, -0.1) is 6.42 Å². The highest BCUT2D eigenvalue weighted by Crippen LogP contribution is 2.30. The van der Waals surface area contributed by atoms with Gasteiger partial charge < -0.3 is 14.8 Å². The topological polar surface area (TPSA) is 67.9 Å². The number of rotatable bonds is 5. The highest BCUT2D eigenvalue weighted by Gasteiger charge is 2.34. The number of urea groups is 1. The minimum Gasteiger partial charge on any atom is -0.493 e. The van der Waals surface area contributed by atoms with Gasteiger partial charge in [0.15, 0.2) is 11.5 Å². The lowest BCUT2D eigenvalue weighted by Gasteiger charge is -2.11. The molecular formula is C20H15ClN2O4. The Morgan fingerprint density at radius 1 is 1.19 bits per heavy atom. The Labute approximate surface area is 161 Å². The molecule has 1 fully saturated rings. The van der Waals surface area contributed by atoms with Crippen molar-refractivity contribution in [1.82, 2.24) is 5.32 Å². The largest absolute Gasteiger partial charge is 0.493 e. The molecule has 6 nitrogen and oxygen atoms in total. The zero-order valence-corrected chi connectivity index (χ0v) is 15.1. The summed E-state index contributed by atoms with van der Waals surface area (Å²) in [4.78, 5) is 25.9. The quantitative estimate of drug-likeness (QED) is 0.488. The second-order valence-electron chi connectivity index (χ2n) is 5.51. The molecule has 136 valence electrons. The van der Waals surface area contributed by atoms with Crippen molar-refractivity contribution in [3.05, 3.63) is 58.7 Å². The van der Waals surface area contributed by atoms with E-state index in [-0.39, 0.29) is 12.3 Å². The van der Waals surface area contributed by atoms with Crippen LogP contribution in [0.5, 0.6) is 11.5 Å². The number of nitrogens with zero attached hydrogens (tertiary/aromatic N) is 1. The van der Waals surface area contributed by atoms with Crippen LogP contribution in [0.15, 0.2) is 48.2 Å². The molecule has 1 saturated heterocycles. The first kappa shape index (κ1) is 18.4. The summed E-state index contributed by atoms with van der Waals surface area (Å²) in [6.45, 7) is 0.112. The molecule has 1 aliphatic heterocycles. The van der Waals surface area contributed by atoms with Crippen LogP contribution >= 0.6 is 11.6 Å². The van der Waals surface area contributed by atoms with E-state index < -0.39 is 11.9 Å². The molecule has 7 heteroatoms. The first-order valence-corrected chi connectivity index (χ1v) is 8.28. The van der Waals surface area contributed by atoms with Crippen molar-refractivity contribution in [3.63, 3.8) is 0 Å². The van der Waals surface area contributed by atoms with Crippen LogP contribution in [0.2, 0.25) is 5.02 Å². The molecule has 3 amide bonds. The molecule has 2 aromatic rings. The molecule has 0 radical (unpaired) electrons. The number of imide groups is 1. The second-order valence-corrected chi connectivity index (χ2v) is 5.94. The van der Waals surface area contributed by atoms with Crippen LogP contribution in [-0.4, -0.2) is 25.7 Å². The molecule has 1 heterocycles. The van der Waals surface area contributed by atoms with E-state index in [1.54, 1.807) is 48.5 Å². The molecule has 0 saturated carbocycles. The number of hydrogen-bond acceptors (Lipinski definition) is 4. The second kappa shape index (κ2) is 7.85. The molecule has 27 heavy (non-hydrogen) atoms. The number of hydrogen-bond donors (Lipinski definition) is 1. The van der Waals surface area contributed by atoms with Crippen LogP contribution in [0.3, 0.4) is 0 Å². The summed E-state index contributed by atoms with van der Waals surface area (Å²) in [5, 5.41) is 3.08. The van der Waals surface area contributed by atoms with Crippen LogP contribution in [0.4, 0.5) is 10.5 Å². The predicted molar refractivity (Wildman–Crippen MR) is 103 cm³/mol. The van der Waals surface area contributed by atoms with Gasteiger partial charge in [0.25, 0.3) is 5.91 Å². The number of anilines is 1. The number of halogens is 1. The van der Waals surface area contributed by atoms with Crippen molar-refractivity contribution in [2.75, 3.05) is 18.6 Å². The number of carbonyl (C=O) groups excluding carboxylic acids is 2. The third-order valence-electron chi connectivity index (χ3n) is 3.77. The fourth-order valence-corrected chi connectivity index (χ4v) is 2.67. The highest BCUT2D eigenvalue weighted by molar-refractivity contribution is 6.31. The van der Waals surface area contributed by atoms with Crippen LogP contribution in [0, 0.1) is 12.3 Å². The van der Waals surface area contributed by atoms with E-state index in [4.69, 9.17) is 27.5 Å². The fourth-order valence-electron chi connectivity index (χ4n) is 2.54. The van der Waals surface area contributed by atoms with Gasteiger partial charge in [-0.2, -0.15) is 0 Å². The summed E-state index contributed by atoms with van der Waals surface area (Å²) in [6, 6.07) is 11.0. The molecule has 0 aliphatic carbocycles. The normalized spacial score (nSPS) is 14.9. The molecule has 0 aromatic heterocycles. The summed E-state index contributed by atoms with van der Waals surface area (Å²) in [5.41, 5.74) is 1.23. The van der Waals surface area contributed by atoms with E-state index in [9.17, 15) is 9.59 Å². The van der Waals surface area contributed by atoms with E-state index in [1.807, 2.05) is 0 Å². The van der Waals surface area contributed by atoms with Gasteiger partial charge in [0.1, 0.15) is 12.3 Å². The Morgan fingerprint density at radius 2 is 1.93 bits per heavy atom. The lowest BCUT2D eigenvalue weighted by molar-refractivity contribution is -0.113. The minimum atomic E-state index is -0.533. The number of amides is 3. The predicted octanol–water partition coefficient (Wildman–Crippen LogP) is 3.46. The number of methoxy groups -OCH3 is 1. The van der Waals surface area contributed by atoms with E-state index in [1.165, 1.54) is 7.11 Å². The molecular weight excluding hydrogens is 368 g/mol. The van der Waals surface area contributed by atoms with Crippen LogP contribution in [0.25, 0.3) is 6.08 Å². The lowest BCUT2D eigenvalue weighted by atomic mass is 10.1. The van der Waals surface area contributed by atoms with E-state index in [0.29, 0.717) is 27.8 Å². The van der Waals surface area contributed by atoms with Crippen molar-refractivity contribution in [2.24, 2.45) is 0 Å². The number of nitrogens with one attached hydrogen (secondary N) is 1. The monoisotopic (exact) mass is 382 g/mol. The zero-order valence-electron chi connectivity index (χ0n) is 14.4. The Hall–Kier alpha value is -3.43. The van der Waals surface area contributed by atoms with Crippen molar-refractivity contribution >= 4 is 35.3 Å².